The highest BCUT2D eigenvalue weighted by atomic mass is 35.5. The zero-order chi connectivity index (χ0) is 9.15. The van der Waals surface area contributed by atoms with E-state index in [9.17, 15) is 5.11 Å². The maximum Gasteiger partial charge on any atom is 0.0669 e. The van der Waals surface area contributed by atoms with Gasteiger partial charge in [0.2, 0.25) is 0 Å². The molecule has 1 unspecified atom stereocenters. The Labute approximate surface area is 90.7 Å². The lowest BCUT2D eigenvalue weighted by Crippen LogP contribution is -2.40. The number of hydrogen-bond donors (Lipinski definition) is 2. The second-order valence-corrected chi connectivity index (χ2v) is 3.64. The molecule has 0 aliphatic carbocycles. The fourth-order valence-corrected chi connectivity index (χ4v) is 2.04. The summed E-state index contributed by atoms with van der Waals surface area (Å²) in [5.74, 6) is 0. The molecule has 0 aromatic heterocycles. The Bertz CT molecular complexity index is 270. The average molecular weight is 214 g/mol. The first-order chi connectivity index (χ1) is 6.37. The highest BCUT2D eigenvalue weighted by Crippen LogP contribution is 2.29. The van der Waals surface area contributed by atoms with Gasteiger partial charge in [0.15, 0.2) is 0 Å². The monoisotopic (exact) mass is 213 g/mol. The topological polar surface area (TPSA) is 32.3 Å². The van der Waals surface area contributed by atoms with Gasteiger partial charge in [-0.1, -0.05) is 30.3 Å². The van der Waals surface area contributed by atoms with Crippen LogP contribution in [-0.4, -0.2) is 18.3 Å². The molecule has 0 amide bonds. The maximum absolute atomic E-state index is 9.41. The maximum atomic E-state index is 9.41. The van der Waals surface area contributed by atoms with E-state index >= 15 is 0 Å². The molecule has 78 valence electrons. The number of hydrogen-bond acceptors (Lipinski definition) is 2. The predicted octanol–water partition coefficient (Wildman–Crippen LogP) is 1.68. The van der Waals surface area contributed by atoms with Crippen LogP contribution >= 0.6 is 12.4 Å². The van der Waals surface area contributed by atoms with Gasteiger partial charge in [-0.25, -0.2) is 0 Å². The molecule has 1 fully saturated rings. The van der Waals surface area contributed by atoms with E-state index in [1.807, 2.05) is 18.2 Å². The largest absolute Gasteiger partial charge is 0.394 e. The lowest BCUT2D eigenvalue weighted by Gasteiger charge is -2.27. The van der Waals surface area contributed by atoms with Crippen LogP contribution < -0.4 is 5.32 Å². The predicted molar refractivity (Wildman–Crippen MR) is 59.7 cm³/mol. The van der Waals surface area contributed by atoms with Crippen molar-refractivity contribution in [3.05, 3.63) is 35.9 Å². The van der Waals surface area contributed by atoms with Crippen LogP contribution in [0.5, 0.6) is 0 Å². The lowest BCUT2D eigenvalue weighted by molar-refractivity contribution is 0.178. The van der Waals surface area contributed by atoms with E-state index in [0.717, 1.165) is 19.4 Å². The molecule has 1 saturated heterocycles. The molecule has 1 heterocycles. The zero-order valence-electron chi connectivity index (χ0n) is 8.07. The van der Waals surface area contributed by atoms with Crippen LogP contribution in [0.15, 0.2) is 30.3 Å². The van der Waals surface area contributed by atoms with E-state index in [1.54, 1.807) is 0 Å². The first kappa shape index (κ1) is 11.5. The second kappa shape index (κ2) is 4.78. The number of halogens is 1. The molecule has 1 aromatic rings. The Morgan fingerprint density at radius 1 is 1.29 bits per heavy atom. The van der Waals surface area contributed by atoms with Crippen molar-refractivity contribution in [2.45, 2.75) is 18.4 Å². The number of aliphatic hydroxyl groups excluding tert-OH is 1. The summed E-state index contributed by atoms with van der Waals surface area (Å²) in [4.78, 5) is 0. The number of aliphatic hydroxyl groups is 1. The molecular formula is C11H16ClNO. The van der Waals surface area contributed by atoms with E-state index in [2.05, 4.69) is 17.4 Å². The zero-order valence-corrected chi connectivity index (χ0v) is 8.89. The van der Waals surface area contributed by atoms with Crippen molar-refractivity contribution in [2.75, 3.05) is 13.2 Å². The van der Waals surface area contributed by atoms with Gasteiger partial charge in [-0.15, -0.1) is 12.4 Å². The second-order valence-electron chi connectivity index (χ2n) is 3.64. The van der Waals surface area contributed by atoms with Crippen LogP contribution in [0.4, 0.5) is 0 Å². The number of rotatable bonds is 2. The minimum absolute atomic E-state index is 0. The van der Waals surface area contributed by atoms with Gasteiger partial charge in [0.05, 0.1) is 12.1 Å². The SMILES string of the molecule is Cl.OCC1(c2ccccc2)CCCN1. The van der Waals surface area contributed by atoms with Crippen LogP contribution in [0.25, 0.3) is 0 Å². The molecule has 2 nitrogen and oxygen atoms in total. The molecule has 3 heteroatoms. The molecule has 2 rings (SSSR count). The van der Waals surface area contributed by atoms with Gasteiger partial charge in [-0.2, -0.15) is 0 Å². The summed E-state index contributed by atoms with van der Waals surface area (Å²) >= 11 is 0. The van der Waals surface area contributed by atoms with Crippen LogP contribution in [0, 0.1) is 0 Å². The summed E-state index contributed by atoms with van der Waals surface area (Å²) in [6, 6.07) is 10.2. The van der Waals surface area contributed by atoms with Gasteiger partial charge in [0.1, 0.15) is 0 Å². The first-order valence-electron chi connectivity index (χ1n) is 4.79. The molecule has 1 aromatic carbocycles. The van der Waals surface area contributed by atoms with Crippen molar-refractivity contribution in [3.8, 4) is 0 Å². The van der Waals surface area contributed by atoms with Crippen LogP contribution in [0.3, 0.4) is 0 Å². The molecular weight excluding hydrogens is 198 g/mol. The van der Waals surface area contributed by atoms with Crippen molar-refractivity contribution in [3.63, 3.8) is 0 Å². The number of nitrogens with one attached hydrogen (secondary N) is 1. The smallest absolute Gasteiger partial charge is 0.0669 e. The molecule has 0 spiro atoms. The van der Waals surface area contributed by atoms with Gasteiger partial charge in [-0.05, 0) is 24.9 Å². The fourth-order valence-electron chi connectivity index (χ4n) is 2.04. The quantitative estimate of drug-likeness (QED) is 0.784. The normalized spacial score (nSPS) is 25.8. The summed E-state index contributed by atoms with van der Waals surface area (Å²) in [6.07, 6.45) is 2.18. The molecule has 0 bridgehead atoms. The van der Waals surface area contributed by atoms with Gasteiger partial charge in [-0.3, -0.25) is 0 Å². The third-order valence-corrected chi connectivity index (χ3v) is 2.84. The van der Waals surface area contributed by atoms with Crippen molar-refractivity contribution in [1.82, 2.24) is 5.32 Å². The van der Waals surface area contributed by atoms with Crippen LogP contribution in [0.1, 0.15) is 18.4 Å². The molecule has 1 atom stereocenters. The van der Waals surface area contributed by atoms with Crippen molar-refractivity contribution in [1.29, 1.82) is 0 Å². The Kier molecular flexibility index (Phi) is 3.93. The van der Waals surface area contributed by atoms with Crippen LogP contribution in [-0.2, 0) is 5.54 Å². The molecule has 0 saturated carbocycles. The van der Waals surface area contributed by atoms with E-state index in [1.165, 1.54) is 5.56 Å². The molecule has 2 N–H and O–H groups in total. The summed E-state index contributed by atoms with van der Waals surface area (Å²) in [5.41, 5.74) is 1.04. The minimum atomic E-state index is -0.165. The van der Waals surface area contributed by atoms with E-state index in [-0.39, 0.29) is 24.6 Å². The lowest BCUT2D eigenvalue weighted by atomic mass is 9.89. The fraction of sp³-hybridized carbons (Fsp3) is 0.455. The van der Waals surface area contributed by atoms with Gasteiger partial charge in [0, 0.05) is 0 Å². The highest BCUT2D eigenvalue weighted by Gasteiger charge is 2.33. The minimum Gasteiger partial charge on any atom is -0.394 e. The summed E-state index contributed by atoms with van der Waals surface area (Å²) in [7, 11) is 0. The standard InChI is InChI=1S/C11H15NO.ClH/c13-9-11(7-4-8-12-11)10-5-2-1-3-6-10;/h1-3,5-6,12-13H,4,7-9H2;1H. The Morgan fingerprint density at radius 2 is 2.00 bits per heavy atom. The van der Waals surface area contributed by atoms with Crippen molar-refractivity contribution in [2.24, 2.45) is 0 Å². The molecule has 1 aliphatic rings. The summed E-state index contributed by atoms with van der Waals surface area (Å²) in [6.45, 7) is 1.20. The van der Waals surface area contributed by atoms with E-state index < -0.39 is 0 Å². The molecule has 1 aliphatic heterocycles. The van der Waals surface area contributed by atoms with E-state index in [4.69, 9.17) is 0 Å². The Morgan fingerprint density at radius 3 is 2.50 bits per heavy atom. The van der Waals surface area contributed by atoms with Crippen molar-refractivity contribution < 1.29 is 5.11 Å². The summed E-state index contributed by atoms with van der Waals surface area (Å²) in [5, 5.41) is 12.8. The van der Waals surface area contributed by atoms with Crippen LogP contribution in [0.2, 0.25) is 0 Å². The van der Waals surface area contributed by atoms with E-state index in [0.29, 0.717) is 0 Å². The van der Waals surface area contributed by atoms with Gasteiger partial charge < -0.3 is 10.4 Å². The first-order valence-corrected chi connectivity index (χ1v) is 4.79. The Hall–Kier alpha value is -0.570. The molecule has 14 heavy (non-hydrogen) atoms. The summed E-state index contributed by atoms with van der Waals surface area (Å²) < 4.78 is 0. The highest BCUT2D eigenvalue weighted by molar-refractivity contribution is 5.85. The number of benzene rings is 1. The molecule has 0 radical (unpaired) electrons. The average Bonchev–Trinajstić information content (AvgIpc) is 2.69. The third kappa shape index (κ3) is 1.92. The van der Waals surface area contributed by atoms with Gasteiger partial charge in [0.25, 0.3) is 0 Å². The Balaban J connectivity index is 0.000000980. The van der Waals surface area contributed by atoms with Gasteiger partial charge >= 0.3 is 0 Å². The van der Waals surface area contributed by atoms with Crippen molar-refractivity contribution >= 4 is 12.4 Å². The third-order valence-electron chi connectivity index (χ3n) is 2.84.